The van der Waals surface area contributed by atoms with Crippen molar-refractivity contribution in [3.8, 4) is 11.8 Å². The van der Waals surface area contributed by atoms with Crippen LogP contribution in [-0.4, -0.2) is 0 Å². The molecule has 0 heteroatoms. The monoisotopic (exact) mass is 246 g/mol. The van der Waals surface area contributed by atoms with E-state index in [1.165, 1.54) is 5.56 Å². The molecule has 0 radical (unpaired) electrons. The molecule has 0 aliphatic carbocycles. The molecule has 0 fully saturated rings. The van der Waals surface area contributed by atoms with Gasteiger partial charge in [-0.3, -0.25) is 0 Å². The maximum absolute atomic E-state index is 3.75. The summed E-state index contributed by atoms with van der Waals surface area (Å²) < 4.78 is 0. The Morgan fingerprint density at radius 1 is 1.05 bits per heavy atom. The average Bonchev–Trinajstić information content (AvgIpc) is 2.49. The number of rotatable bonds is 3. The highest BCUT2D eigenvalue weighted by Crippen LogP contribution is 2.18. The van der Waals surface area contributed by atoms with Crippen LogP contribution in [0.25, 0.3) is 6.08 Å². The molecule has 0 saturated heterocycles. The number of benzene rings is 2. The molecule has 2 aromatic rings. The molecule has 0 unspecified atom stereocenters. The summed E-state index contributed by atoms with van der Waals surface area (Å²) in [7, 11) is 0. The molecule has 94 valence electrons. The lowest BCUT2D eigenvalue weighted by molar-refractivity contribution is 0.830. The smallest absolute Gasteiger partial charge is 0.0453 e. The van der Waals surface area contributed by atoms with Gasteiger partial charge in [-0.25, -0.2) is 0 Å². The summed E-state index contributed by atoms with van der Waals surface area (Å²) in [5.41, 5.74) is 3.47. The number of hydrogen-bond donors (Lipinski definition) is 0. The minimum atomic E-state index is 0.306. The van der Waals surface area contributed by atoms with Crippen molar-refractivity contribution in [1.29, 1.82) is 0 Å². The van der Waals surface area contributed by atoms with Gasteiger partial charge in [-0.05, 0) is 29.7 Å². The van der Waals surface area contributed by atoms with Gasteiger partial charge in [0.15, 0.2) is 0 Å². The molecule has 0 nitrogen and oxygen atoms in total. The SMILES string of the molecule is C=Cc1ccc(C#C[C@H](CC)c2ccccc2)cc1. The Bertz CT molecular complexity index is 579. The average molecular weight is 246 g/mol. The Morgan fingerprint density at radius 3 is 2.32 bits per heavy atom. The quantitative estimate of drug-likeness (QED) is 0.677. The van der Waals surface area contributed by atoms with Crippen molar-refractivity contribution in [2.24, 2.45) is 0 Å². The van der Waals surface area contributed by atoms with Crippen LogP contribution in [0.4, 0.5) is 0 Å². The van der Waals surface area contributed by atoms with Gasteiger partial charge in [0.25, 0.3) is 0 Å². The molecule has 19 heavy (non-hydrogen) atoms. The topological polar surface area (TPSA) is 0 Å². The Morgan fingerprint density at radius 2 is 1.74 bits per heavy atom. The molecule has 0 aliphatic rings. The first-order chi connectivity index (χ1) is 9.33. The van der Waals surface area contributed by atoms with Crippen LogP contribution < -0.4 is 0 Å². The summed E-state index contributed by atoms with van der Waals surface area (Å²) in [5.74, 6) is 6.93. The third-order valence-electron chi connectivity index (χ3n) is 3.15. The fourth-order valence-corrected chi connectivity index (χ4v) is 1.98. The van der Waals surface area contributed by atoms with Gasteiger partial charge in [-0.1, -0.05) is 73.9 Å². The molecule has 0 heterocycles. The highest BCUT2D eigenvalue weighted by molar-refractivity contribution is 5.49. The van der Waals surface area contributed by atoms with Crippen LogP contribution in [-0.2, 0) is 0 Å². The van der Waals surface area contributed by atoms with Crippen LogP contribution in [0.3, 0.4) is 0 Å². The molecule has 2 rings (SSSR count). The zero-order chi connectivity index (χ0) is 13.5. The predicted octanol–water partition coefficient (Wildman–Crippen LogP) is 4.87. The molecule has 0 amide bonds. The van der Waals surface area contributed by atoms with Crippen LogP contribution in [0.2, 0.25) is 0 Å². The lowest BCUT2D eigenvalue weighted by Crippen LogP contribution is -1.93. The maximum atomic E-state index is 3.75. The second-order valence-corrected chi connectivity index (χ2v) is 4.47. The third-order valence-corrected chi connectivity index (χ3v) is 3.15. The van der Waals surface area contributed by atoms with E-state index in [1.54, 1.807) is 0 Å². The fraction of sp³-hybridized carbons (Fsp3) is 0.158. The Labute approximate surface area is 115 Å². The van der Waals surface area contributed by atoms with Gasteiger partial charge in [0, 0.05) is 11.5 Å². The van der Waals surface area contributed by atoms with Crippen molar-refractivity contribution >= 4 is 6.08 Å². The van der Waals surface area contributed by atoms with Crippen molar-refractivity contribution in [2.75, 3.05) is 0 Å². The van der Waals surface area contributed by atoms with E-state index in [0.717, 1.165) is 17.5 Å². The summed E-state index contributed by atoms with van der Waals surface area (Å²) in [6.07, 6.45) is 2.87. The Kier molecular flexibility index (Phi) is 4.59. The van der Waals surface area contributed by atoms with Crippen molar-refractivity contribution in [2.45, 2.75) is 19.3 Å². The standard InChI is InChI=1S/C19H18/c1-3-16-10-12-17(13-11-16)14-15-18(4-2)19-8-6-5-7-9-19/h3,5-13,18H,1,4H2,2H3/t18-/m0/s1. The van der Waals surface area contributed by atoms with E-state index in [2.05, 4.69) is 49.6 Å². The van der Waals surface area contributed by atoms with Gasteiger partial charge in [-0.15, -0.1) is 0 Å². The summed E-state index contributed by atoms with van der Waals surface area (Å²) in [5, 5.41) is 0. The van der Waals surface area contributed by atoms with E-state index in [1.807, 2.05) is 36.4 Å². The summed E-state index contributed by atoms with van der Waals surface area (Å²) in [6.45, 7) is 5.93. The summed E-state index contributed by atoms with van der Waals surface area (Å²) in [6, 6.07) is 18.6. The minimum Gasteiger partial charge on any atom is -0.0985 e. The first kappa shape index (κ1) is 13.2. The van der Waals surface area contributed by atoms with Crippen LogP contribution in [0.15, 0.2) is 61.2 Å². The van der Waals surface area contributed by atoms with E-state index in [4.69, 9.17) is 0 Å². The van der Waals surface area contributed by atoms with Crippen molar-refractivity contribution in [1.82, 2.24) is 0 Å². The zero-order valence-electron chi connectivity index (χ0n) is 11.3. The van der Waals surface area contributed by atoms with Crippen molar-refractivity contribution in [3.05, 3.63) is 77.9 Å². The van der Waals surface area contributed by atoms with E-state index >= 15 is 0 Å². The summed E-state index contributed by atoms with van der Waals surface area (Å²) in [4.78, 5) is 0. The molecule has 0 aliphatic heterocycles. The molecule has 0 aromatic heterocycles. The van der Waals surface area contributed by atoms with E-state index < -0.39 is 0 Å². The zero-order valence-corrected chi connectivity index (χ0v) is 11.3. The molecule has 2 aromatic carbocycles. The van der Waals surface area contributed by atoms with E-state index in [0.29, 0.717) is 5.92 Å². The first-order valence-corrected chi connectivity index (χ1v) is 6.62. The molecule has 0 N–H and O–H groups in total. The second kappa shape index (κ2) is 6.61. The van der Waals surface area contributed by atoms with Gasteiger partial charge >= 0.3 is 0 Å². The van der Waals surface area contributed by atoms with Crippen LogP contribution in [0.1, 0.15) is 36.0 Å². The largest absolute Gasteiger partial charge is 0.0985 e. The van der Waals surface area contributed by atoms with Crippen LogP contribution in [0.5, 0.6) is 0 Å². The normalized spacial score (nSPS) is 11.2. The van der Waals surface area contributed by atoms with Crippen molar-refractivity contribution < 1.29 is 0 Å². The van der Waals surface area contributed by atoms with Gasteiger partial charge < -0.3 is 0 Å². The van der Waals surface area contributed by atoms with Crippen LogP contribution >= 0.6 is 0 Å². The molecule has 0 spiro atoms. The van der Waals surface area contributed by atoms with Gasteiger partial charge in [0.2, 0.25) is 0 Å². The fourth-order valence-electron chi connectivity index (χ4n) is 1.98. The van der Waals surface area contributed by atoms with E-state index in [-0.39, 0.29) is 0 Å². The Hall–Kier alpha value is -2.26. The van der Waals surface area contributed by atoms with Gasteiger partial charge in [0.05, 0.1) is 0 Å². The maximum Gasteiger partial charge on any atom is 0.0453 e. The first-order valence-electron chi connectivity index (χ1n) is 6.62. The lowest BCUT2D eigenvalue weighted by atomic mass is 9.97. The molecule has 0 bridgehead atoms. The summed E-state index contributed by atoms with van der Waals surface area (Å²) >= 11 is 0. The highest BCUT2D eigenvalue weighted by Gasteiger charge is 2.03. The Balaban J connectivity index is 2.18. The molecule has 0 saturated carbocycles. The molecule has 1 atom stereocenters. The van der Waals surface area contributed by atoms with Gasteiger partial charge in [0.1, 0.15) is 0 Å². The van der Waals surface area contributed by atoms with Gasteiger partial charge in [-0.2, -0.15) is 0 Å². The number of hydrogen-bond acceptors (Lipinski definition) is 0. The third kappa shape index (κ3) is 3.60. The molecular weight excluding hydrogens is 228 g/mol. The lowest BCUT2D eigenvalue weighted by Gasteiger charge is -2.07. The minimum absolute atomic E-state index is 0.306. The van der Waals surface area contributed by atoms with Crippen molar-refractivity contribution in [3.63, 3.8) is 0 Å². The van der Waals surface area contributed by atoms with E-state index in [9.17, 15) is 0 Å². The molecular formula is C19H18. The van der Waals surface area contributed by atoms with Crippen LogP contribution in [0, 0.1) is 11.8 Å². The second-order valence-electron chi connectivity index (χ2n) is 4.47. The predicted molar refractivity (Wildman–Crippen MR) is 82.9 cm³/mol. The highest BCUT2D eigenvalue weighted by atomic mass is 14.1.